The molecule has 0 saturated heterocycles. The van der Waals surface area contributed by atoms with Gasteiger partial charge in [-0.25, -0.2) is 4.79 Å². The number of ether oxygens (including phenoxy) is 1. The molecule has 0 aliphatic carbocycles. The number of aromatic amines is 1. The standard InChI is InChI=1S/C20H21N3O5/c1-2-28-17-8-7-13-5-3-4-6-14(13)15(17)11-21-16(19(25)26)12-23-10-9-18(24)22-20(23)27/h3-10,16,21H,2,11-12H2,1H3,(H,25,26)(H,22,24,27). The fraction of sp³-hybridized carbons (Fsp3) is 0.250. The van der Waals surface area contributed by atoms with Crippen LogP contribution in [0.25, 0.3) is 10.8 Å². The smallest absolute Gasteiger partial charge is 0.328 e. The molecule has 0 aliphatic heterocycles. The van der Waals surface area contributed by atoms with Gasteiger partial charge in [-0.05, 0) is 23.8 Å². The predicted octanol–water partition coefficient (Wildman–Crippen LogP) is 1.33. The third-order valence-corrected chi connectivity index (χ3v) is 4.40. The van der Waals surface area contributed by atoms with Crippen molar-refractivity contribution in [1.82, 2.24) is 14.9 Å². The Balaban J connectivity index is 1.87. The summed E-state index contributed by atoms with van der Waals surface area (Å²) >= 11 is 0. The van der Waals surface area contributed by atoms with Gasteiger partial charge in [-0.3, -0.25) is 24.5 Å². The lowest BCUT2D eigenvalue weighted by molar-refractivity contribution is -0.139. The number of hydrogen-bond acceptors (Lipinski definition) is 5. The molecule has 146 valence electrons. The van der Waals surface area contributed by atoms with Gasteiger partial charge >= 0.3 is 11.7 Å². The summed E-state index contributed by atoms with van der Waals surface area (Å²) in [7, 11) is 0. The zero-order valence-corrected chi connectivity index (χ0v) is 15.3. The number of hydrogen-bond donors (Lipinski definition) is 3. The number of carbonyl (C=O) groups is 1. The Labute approximate surface area is 160 Å². The Bertz CT molecular complexity index is 1100. The van der Waals surface area contributed by atoms with Crippen molar-refractivity contribution in [2.24, 2.45) is 0 Å². The molecule has 2 aromatic carbocycles. The van der Waals surface area contributed by atoms with Gasteiger partial charge in [0, 0.05) is 24.4 Å². The Morgan fingerprint density at radius 3 is 2.71 bits per heavy atom. The van der Waals surface area contributed by atoms with Crippen molar-refractivity contribution in [3.8, 4) is 5.75 Å². The topological polar surface area (TPSA) is 113 Å². The molecule has 3 aromatic rings. The van der Waals surface area contributed by atoms with Crippen molar-refractivity contribution in [1.29, 1.82) is 0 Å². The Morgan fingerprint density at radius 2 is 2.00 bits per heavy atom. The van der Waals surface area contributed by atoms with E-state index in [1.807, 2.05) is 43.3 Å². The maximum absolute atomic E-state index is 11.9. The lowest BCUT2D eigenvalue weighted by atomic mass is 10.0. The van der Waals surface area contributed by atoms with Crippen molar-refractivity contribution in [3.05, 3.63) is 75.1 Å². The van der Waals surface area contributed by atoms with Gasteiger partial charge in [0.25, 0.3) is 5.56 Å². The maximum atomic E-state index is 11.9. The molecule has 3 N–H and O–H groups in total. The van der Waals surface area contributed by atoms with Crippen LogP contribution in [-0.2, 0) is 17.9 Å². The highest BCUT2D eigenvalue weighted by molar-refractivity contribution is 5.87. The Kier molecular flexibility index (Phi) is 5.90. The van der Waals surface area contributed by atoms with E-state index in [-0.39, 0.29) is 13.1 Å². The number of aliphatic carboxylic acids is 1. The van der Waals surface area contributed by atoms with Crippen molar-refractivity contribution in [2.45, 2.75) is 26.1 Å². The maximum Gasteiger partial charge on any atom is 0.328 e. The zero-order chi connectivity index (χ0) is 20.1. The fourth-order valence-electron chi connectivity index (χ4n) is 3.03. The summed E-state index contributed by atoms with van der Waals surface area (Å²) in [4.78, 5) is 36.8. The van der Waals surface area contributed by atoms with Crippen LogP contribution in [0.1, 0.15) is 12.5 Å². The molecule has 3 rings (SSSR count). The summed E-state index contributed by atoms with van der Waals surface area (Å²) in [6.45, 7) is 2.49. The number of carboxylic acid groups (broad SMARTS) is 1. The first-order valence-corrected chi connectivity index (χ1v) is 8.89. The van der Waals surface area contributed by atoms with Crippen LogP contribution in [0.2, 0.25) is 0 Å². The highest BCUT2D eigenvalue weighted by atomic mass is 16.5. The van der Waals surface area contributed by atoms with E-state index in [9.17, 15) is 19.5 Å². The molecule has 1 aromatic heterocycles. The molecule has 8 nitrogen and oxygen atoms in total. The summed E-state index contributed by atoms with van der Waals surface area (Å²) in [6, 6.07) is 11.7. The van der Waals surface area contributed by atoms with Crippen LogP contribution in [0.3, 0.4) is 0 Å². The molecule has 0 radical (unpaired) electrons. The van der Waals surface area contributed by atoms with Crippen molar-refractivity contribution in [2.75, 3.05) is 6.61 Å². The number of carboxylic acids is 1. The molecule has 0 spiro atoms. The Morgan fingerprint density at radius 1 is 1.21 bits per heavy atom. The van der Waals surface area contributed by atoms with E-state index in [1.54, 1.807) is 0 Å². The lowest BCUT2D eigenvalue weighted by Crippen LogP contribution is -2.43. The first kappa shape index (κ1) is 19.4. The first-order valence-electron chi connectivity index (χ1n) is 8.89. The van der Waals surface area contributed by atoms with Gasteiger partial charge < -0.3 is 9.84 Å². The molecule has 0 aliphatic rings. The summed E-state index contributed by atoms with van der Waals surface area (Å²) in [5.41, 5.74) is -0.334. The fourth-order valence-corrected chi connectivity index (χ4v) is 3.03. The molecule has 1 unspecified atom stereocenters. The molecule has 0 saturated carbocycles. The Hall–Kier alpha value is -3.39. The normalized spacial score (nSPS) is 12.0. The van der Waals surface area contributed by atoms with Crippen LogP contribution in [0, 0.1) is 0 Å². The van der Waals surface area contributed by atoms with Gasteiger partial charge in [-0.2, -0.15) is 0 Å². The van der Waals surface area contributed by atoms with E-state index >= 15 is 0 Å². The average Bonchev–Trinajstić information content (AvgIpc) is 2.67. The van der Waals surface area contributed by atoms with E-state index in [1.165, 1.54) is 12.3 Å². The SMILES string of the molecule is CCOc1ccc2ccccc2c1CNC(Cn1ccc(=O)[nH]c1=O)C(=O)O. The summed E-state index contributed by atoms with van der Waals surface area (Å²) < 4.78 is 6.86. The molecule has 0 bridgehead atoms. The summed E-state index contributed by atoms with van der Waals surface area (Å²) in [5.74, 6) is -0.421. The predicted molar refractivity (Wildman–Crippen MR) is 105 cm³/mol. The minimum atomic E-state index is -1.10. The number of fused-ring (bicyclic) bond motifs is 1. The summed E-state index contributed by atoms with van der Waals surface area (Å²) in [6.07, 6.45) is 1.28. The lowest BCUT2D eigenvalue weighted by Gasteiger charge is -2.18. The van der Waals surface area contributed by atoms with Crippen LogP contribution in [0.4, 0.5) is 0 Å². The monoisotopic (exact) mass is 383 g/mol. The van der Waals surface area contributed by atoms with Crippen LogP contribution >= 0.6 is 0 Å². The number of rotatable bonds is 8. The molecular formula is C20H21N3O5. The van der Waals surface area contributed by atoms with Crippen molar-refractivity contribution < 1.29 is 14.6 Å². The minimum absolute atomic E-state index is 0.125. The van der Waals surface area contributed by atoms with Gasteiger partial charge in [0.15, 0.2) is 0 Å². The number of benzene rings is 2. The van der Waals surface area contributed by atoms with E-state index in [4.69, 9.17) is 4.74 Å². The molecule has 8 heteroatoms. The molecular weight excluding hydrogens is 362 g/mol. The number of aromatic nitrogens is 2. The van der Waals surface area contributed by atoms with Crippen LogP contribution in [-0.4, -0.2) is 33.3 Å². The molecule has 0 amide bonds. The van der Waals surface area contributed by atoms with Gasteiger partial charge in [0.05, 0.1) is 13.2 Å². The van der Waals surface area contributed by atoms with Crippen molar-refractivity contribution in [3.63, 3.8) is 0 Å². The molecule has 1 atom stereocenters. The van der Waals surface area contributed by atoms with Gasteiger partial charge in [-0.1, -0.05) is 30.3 Å². The highest BCUT2D eigenvalue weighted by Crippen LogP contribution is 2.28. The first-order chi connectivity index (χ1) is 13.5. The second-order valence-electron chi connectivity index (χ2n) is 6.23. The van der Waals surface area contributed by atoms with Crippen molar-refractivity contribution >= 4 is 16.7 Å². The third kappa shape index (κ3) is 4.29. The minimum Gasteiger partial charge on any atom is -0.494 e. The van der Waals surface area contributed by atoms with Crippen LogP contribution < -0.4 is 21.3 Å². The van der Waals surface area contributed by atoms with Gasteiger partial charge in [0.2, 0.25) is 0 Å². The average molecular weight is 383 g/mol. The third-order valence-electron chi connectivity index (χ3n) is 4.40. The number of nitrogens with zero attached hydrogens (tertiary/aromatic N) is 1. The van der Waals surface area contributed by atoms with E-state index in [0.29, 0.717) is 12.4 Å². The van der Waals surface area contributed by atoms with Crippen LogP contribution in [0.15, 0.2) is 58.3 Å². The molecule has 28 heavy (non-hydrogen) atoms. The van der Waals surface area contributed by atoms with E-state index in [2.05, 4.69) is 10.3 Å². The number of H-pyrrole nitrogens is 1. The summed E-state index contributed by atoms with van der Waals surface area (Å²) in [5, 5.41) is 14.5. The van der Waals surface area contributed by atoms with E-state index in [0.717, 1.165) is 20.9 Å². The second-order valence-corrected chi connectivity index (χ2v) is 6.23. The van der Waals surface area contributed by atoms with E-state index < -0.39 is 23.3 Å². The zero-order valence-electron chi connectivity index (χ0n) is 15.3. The second kappa shape index (κ2) is 8.53. The van der Waals surface area contributed by atoms with Crippen LogP contribution in [0.5, 0.6) is 5.75 Å². The quantitative estimate of drug-likeness (QED) is 0.541. The molecule has 1 heterocycles. The number of nitrogens with one attached hydrogen (secondary N) is 2. The van der Waals surface area contributed by atoms with Gasteiger partial charge in [-0.15, -0.1) is 0 Å². The highest BCUT2D eigenvalue weighted by Gasteiger charge is 2.20. The largest absolute Gasteiger partial charge is 0.494 e. The molecule has 0 fully saturated rings. The van der Waals surface area contributed by atoms with Gasteiger partial charge in [0.1, 0.15) is 11.8 Å².